The minimum absolute atomic E-state index is 0.132. The molecule has 0 unspecified atom stereocenters. The predicted octanol–water partition coefficient (Wildman–Crippen LogP) is -0.0251. The first-order valence-corrected chi connectivity index (χ1v) is 5.21. The Hall–Kier alpha value is -1.47. The van der Waals surface area contributed by atoms with Crippen LogP contribution in [0, 0.1) is 10.1 Å². The summed E-state index contributed by atoms with van der Waals surface area (Å²) in [5.41, 5.74) is -0.245. The van der Waals surface area contributed by atoms with Crippen LogP contribution in [0.4, 0.5) is 5.82 Å². The normalized spacial score (nSPS) is 19.6. The van der Waals surface area contributed by atoms with E-state index < -0.39 is 10.5 Å². The molecule has 0 aromatic carbocycles. The summed E-state index contributed by atoms with van der Waals surface area (Å²) < 4.78 is 0. The minimum Gasteiger partial charge on any atom is -0.389 e. The molecular formula is C9H14N4O3. The van der Waals surface area contributed by atoms with Crippen molar-refractivity contribution in [2.45, 2.75) is 24.9 Å². The third-order valence-electron chi connectivity index (χ3n) is 2.86. The summed E-state index contributed by atoms with van der Waals surface area (Å²) in [5, 5.41) is 30.0. The van der Waals surface area contributed by atoms with Gasteiger partial charge in [0.25, 0.3) is 0 Å². The van der Waals surface area contributed by atoms with Crippen LogP contribution in [-0.4, -0.2) is 38.9 Å². The van der Waals surface area contributed by atoms with Crippen molar-refractivity contribution >= 4 is 5.82 Å². The molecule has 0 bridgehead atoms. The molecule has 0 spiro atoms. The van der Waals surface area contributed by atoms with Gasteiger partial charge in [-0.15, -0.1) is 5.10 Å². The number of rotatable bonds is 3. The molecule has 1 saturated heterocycles. The van der Waals surface area contributed by atoms with Crippen molar-refractivity contribution < 1.29 is 10.0 Å². The molecule has 0 radical (unpaired) electrons. The van der Waals surface area contributed by atoms with Gasteiger partial charge in [0.2, 0.25) is 0 Å². The first kappa shape index (κ1) is 11.0. The third-order valence-corrected chi connectivity index (χ3v) is 2.86. The van der Waals surface area contributed by atoms with Gasteiger partial charge < -0.3 is 20.5 Å². The molecule has 0 atom stereocenters. The summed E-state index contributed by atoms with van der Waals surface area (Å²) in [6.07, 6.45) is 1.65. The van der Waals surface area contributed by atoms with Gasteiger partial charge in [0.05, 0.1) is 17.4 Å². The van der Waals surface area contributed by atoms with Crippen molar-refractivity contribution in [3.63, 3.8) is 0 Å². The van der Waals surface area contributed by atoms with E-state index in [9.17, 15) is 15.2 Å². The van der Waals surface area contributed by atoms with E-state index in [1.165, 1.54) is 6.07 Å². The number of piperidine rings is 1. The fraction of sp³-hybridized carbons (Fsp3) is 0.667. The van der Waals surface area contributed by atoms with Crippen molar-refractivity contribution in [1.82, 2.24) is 15.5 Å². The first-order chi connectivity index (χ1) is 7.59. The van der Waals surface area contributed by atoms with Crippen LogP contribution in [0.2, 0.25) is 0 Å². The van der Waals surface area contributed by atoms with Crippen LogP contribution in [0.25, 0.3) is 0 Å². The topological polar surface area (TPSA) is 104 Å². The van der Waals surface area contributed by atoms with E-state index in [1.54, 1.807) is 0 Å². The van der Waals surface area contributed by atoms with Gasteiger partial charge in [-0.2, -0.15) is 0 Å². The van der Waals surface area contributed by atoms with Crippen LogP contribution in [0.3, 0.4) is 0 Å². The van der Waals surface area contributed by atoms with Crippen LogP contribution in [-0.2, 0) is 6.42 Å². The fourth-order valence-electron chi connectivity index (χ4n) is 1.94. The van der Waals surface area contributed by atoms with Gasteiger partial charge in [0.15, 0.2) is 0 Å². The lowest BCUT2D eigenvalue weighted by Crippen LogP contribution is -2.43. The number of nitrogens with zero attached hydrogens (tertiary/aromatic N) is 2. The second kappa shape index (κ2) is 4.18. The number of aliphatic hydroxyl groups is 1. The Morgan fingerprint density at radius 3 is 2.81 bits per heavy atom. The second-order valence-corrected chi connectivity index (χ2v) is 4.15. The molecule has 1 aliphatic heterocycles. The van der Waals surface area contributed by atoms with Crippen LogP contribution in [0.15, 0.2) is 6.07 Å². The van der Waals surface area contributed by atoms with Crippen molar-refractivity contribution in [3.8, 4) is 0 Å². The van der Waals surface area contributed by atoms with Crippen molar-refractivity contribution in [2.75, 3.05) is 13.1 Å². The molecule has 0 saturated carbocycles. The maximum absolute atomic E-state index is 10.4. The second-order valence-electron chi connectivity index (χ2n) is 4.15. The van der Waals surface area contributed by atoms with Gasteiger partial charge in [0.1, 0.15) is 0 Å². The molecular weight excluding hydrogens is 212 g/mol. The zero-order chi connectivity index (χ0) is 11.6. The largest absolute Gasteiger partial charge is 0.389 e. The average molecular weight is 226 g/mol. The summed E-state index contributed by atoms with van der Waals surface area (Å²) in [4.78, 5) is 9.92. The SMILES string of the molecule is O=[N+]([O-])c1cc(CC2(O)CCNCC2)n[nH]1. The van der Waals surface area contributed by atoms with Gasteiger partial charge in [-0.05, 0) is 30.9 Å². The highest BCUT2D eigenvalue weighted by Gasteiger charge is 2.31. The highest BCUT2D eigenvalue weighted by molar-refractivity contribution is 5.21. The van der Waals surface area contributed by atoms with Gasteiger partial charge in [0, 0.05) is 6.42 Å². The zero-order valence-corrected chi connectivity index (χ0v) is 8.77. The Morgan fingerprint density at radius 1 is 1.56 bits per heavy atom. The molecule has 2 rings (SSSR count). The lowest BCUT2D eigenvalue weighted by atomic mass is 9.88. The number of nitrogens with one attached hydrogen (secondary N) is 2. The van der Waals surface area contributed by atoms with Gasteiger partial charge >= 0.3 is 5.82 Å². The Kier molecular flexibility index (Phi) is 2.88. The molecule has 2 heterocycles. The number of H-pyrrole nitrogens is 1. The fourth-order valence-corrected chi connectivity index (χ4v) is 1.94. The Bertz CT molecular complexity index is 384. The zero-order valence-electron chi connectivity index (χ0n) is 8.77. The molecule has 88 valence electrons. The van der Waals surface area contributed by atoms with E-state index >= 15 is 0 Å². The van der Waals surface area contributed by atoms with E-state index in [0.717, 1.165) is 13.1 Å². The molecule has 0 amide bonds. The highest BCUT2D eigenvalue weighted by atomic mass is 16.6. The molecule has 1 fully saturated rings. The van der Waals surface area contributed by atoms with Crippen molar-refractivity contribution in [2.24, 2.45) is 0 Å². The predicted molar refractivity (Wildman–Crippen MR) is 56.0 cm³/mol. The standard InChI is InChI=1S/C9H14N4O3/c14-9(1-3-10-4-2-9)6-7-5-8(12-11-7)13(15)16/h5,10,14H,1-4,6H2,(H,11,12). The van der Waals surface area contributed by atoms with Gasteiger partial charge in [-0.3, -0.25) is 0 Å². The lowest BCUT2D eigenvalue weighted by Gasteiger charge is -2.31. The molecule has 7 heteroatoms. The Morgan fingerprint density at radius 2 is 2.25 bits per heavy atom. The molecule has 1 aromatic heterocycles. The smallest absolute Gasteiger partial charge is 0.342 e. The molecule has 7 nitrogen and oxygen atoms in total. The van der Waals surface area contributed by atoms with Crippen LogP contribution < -0.4 is 5.32 Å². The molecule has 0 aliphatic carbocycles. The maximum Gasteiger partial charge on any atom is 0.342 e. The van der Waals surface area contributed by atoms with E-state index in [0.29, 0.717) is 25.0 Å². The van der Waals surface area contributed by atoms with Crippen LogP contribution in [0.1, 0.15) is 18.5 Å². The number of aromatic nitrogens is 2. The van der Waals surface area contributed by atoms with E-state index in [4.69, 9.17) is 0 Å². The monoisotopic (exact) mass is 226 g/mol. The molecule has 1 aliphatic rings. The Labute approximate surface area is 92.0 Å². The highest BCUT2D eigenvalue weighted by Crippen LogP contribution is 2.23. The summed E-state index contributed by atoms with van der Waals surface area (Å²) >= 11 is 0. The van der Waals surface area contributed by atoms with E-state index in [2.05, 4.69) is 15.5 Å². The summed E-state index contributed by atoms with van der Waals surface area (Å²) in [6, 6.07) is 1.38. The number of aromatic amines is 1. The average Bonchev–Trinajstić information content (AvgIpc) is 2.66. The molecule has 1 aromatic rings. The third kappa shape index (κ3) is 2.37. The van der Waals surface area contributed by atoms with Gasteiger partial charge in [-0.25, -0.2) is 0 Å². The number of hydrogen-bond acceptors (Lipinski definition) is 5. The van der Waals surface area contributed by atoms with Crippen LogP contribution >= 0.6 is 0 Å². The minimum atomic E-state index is -0.783. The number of hydrogen-bond donors (Lipinski definition) is 3. The number of nitro groups is 1. The summed E-state index contributed by atoms with van der Waals surface area (Å²) in [7, 11) is 0. The first-order valence-electron chi connectivity index (χ1n) is 5.21. The Balaban J connectivity index is 2.04. The van der Waals surface area contributed by atoms with E-state index in [-0.39, 0.29) is 5.82 Å². The summed E-state index contributed by atoms with van der Waals surface area (Å²) in [5.74, 6) is -0.132. The van der Waals surface area contributed by atoms with Crippen molar-refractivity contribution in [3.05, 3.63) is 21.9 Å². The molecule has 16 heavy (non-hydrogen) atoms. The van der Waals surface area contributed by atoms with Gasteiger partial charge in [-0.1, -0.05) is 5.10 Å². The van der Waals surface area contributed by atoms with Crippen LogP contribution in [0.5, 0.6) is 0 Å². The summed E-state index contributed by atoms with van der Waals surface area (Å²) in [6.45, 7) is 1.53. The quantitative estimate of drug-likeness (QED) is 0.496. The lowest BCUT2D eigenvalue weighted by molar-refractivity contribution is -0.389. The van der Waals surface area contributed by atoms with E-state index in [1.807, 2.05) is 0 Å². The maximum atomic E-state index is 10.4. The molecule has 3 N–H and O–H groups in total. The van der Waals surface area contributed by atoms with Crippen molar-refractivity contribution in [1.29, 1.82) is 0 Å².